The number of aldehydes is 1. The van der Waals surface area contributed by atoms with Crippen LogP contribution in [0.25, 0.3) is 0 Å². The first-order chi connectivity index (χ1) is 10.0. The molecule has 2 rings (SSSR count). The monoisotopic (exact) mass is 287 g/mol. The fourth-order valence-corrected chi connectivity index (χ4v) is 2.98. The number of hydrogen-bond acceptors (Lipinski definition) is 3. The van der Waals surface area contributed by atoms with Gasteiger partial charge in [-0.05, 0) is 12.0 Å². The number of nitrogens with zero attached hydrogens (tertiary/aromatic N) is 1. The van der Waals surface area contributed by atoms with E-state index in [4.69, 9.17) is 0 Å². The summed E-state index contributed by atoms with van der Waals surface area (Å²) in [4.78, 5) is 37.4. The molecular weight excluding hydrogens is 266 g/mol. The van der Waals surface area contributed by atoms with E-state index < -0.39 is 11.3 Å². The van der Waals surface area contributed by atoms with Crippen LogP contribution in [0.15, 0.2) is 30.3 Å². The molecule has 1 heterocycles. The molecule has 0 spiro atoms. The first-order valence-corrected chi connectivity index (χ1v) is 7.36. The number of carbonyl (C=O) groups is 3. The first-order valence-electron chi connectivity index (χ1n) is 7.36. The van der Waals surface area contributed by atoms with Gasteiger partial charge in [-0.2, -0.15) is 0 Å². The third-order valence-electron chi connectivity index (χ3n) is 4.28. The van der Waals surface area contributed by atoms with E-state index in [1.165, 1.54) is 4.90 Å². The molecule has 0 aromatic heterocycles. The SMILES string of the molecule is CCCC(C)(C=O)[C@H]1CC(=O)N(Cc2ccccc2)C1=O. The second kappa shape index (κ2) is 6.20. The second-order valence-electron chi connectivity index (χ2n) is 5.93. The van der Waals surface area contributed by atoms with Crippen LogP contribution in [0.4, 0.5) is 0 Å². The topological polar surface area (TPSA) is 54.5 Å². The minimum Gasteiger partial charge on any atom is -0.303 e. The summed E-state index contributed by atoms with van der Waals surface area (Å²) in [6.07, 6.45) is 2.42. The van der Waals surface area contributed by atoms with Crippen molar-refractivity contribution >= 4 is 18.1 Å². The molecule has 0 bridgehead atoms. The average molecular weight is 287 g/mol. The quantitative estimate of drug-likeness (QED) is 0.597. The number of amides is 2. The summed E-state index contributed by atoms with van der Waals surface area (Å²) >= 11 is 0. The molecule has 1 fully saturated rings. The van der Waals surface area contributed by atoms with Crippen LogP contribution in [0, 0.1) is 11.3 Å². The Morgan fingerprint density at radius 2 is 1.95 bits per heavy atom. The van der Waals surface area contributed by atoms with E-state index in [9.17, 15) is 14.4 Å². The van der Waals surface area contributed by atoms with E-state index in [1.807, 2.05) is 37.3 Å². The zero-order valence-electron chi connectivity index (χ0n) is 12.5. The number of imide groups is 1. The number of rotatable bonds is 6. The maximum absolute atomic E-state index is 12.5. The largest absolute Gasteiger partial charge is 0.303 e. The molecule has 4 nitrogen and oxygen atoms in total. The number of carbonyl (C=O) groups excluding carboxylic acids is 3. The average Bonchev–Trinajstić information content (AvgIpc) is 2.77. The van der Waals surface area contributed by atoms with E-state index in [-0.39, 0.29) is 24.8 Å². The van der Waals surface area contributed by atoms with Gasteiger partial charge in [-0.25, -0.2) is 0 Å². The Hall–Kier alpha value is -1.97. The van der Waals surface area contributed by atoms with Crippen LogP contribution >= 0.6 is 0 Å². The van der Waals surface area contributed by atoms with Gasteiger partial charge >= 0.3 is 0 Å². The summed E-state index contributed by atoms with van der Waals surface area (Å²) < 4.78 is 0. The predicted molar refractivity (Wildman–Crippen MR) is 79.2 cm³/mol. The van der Waals surface area contributed by atoms with E-state index >= 15 is 0 Å². The molecule has 0 saturated carbocycles. The predicted octanol–water partition coefficient (Wildman–Crippen LogP) is 2.57. The number of hydrogen-bond donors (Lipinski definition) is 0. The zero-order valence-corrected chi connectivity index (χ0v) is 12.5. The normalized spacial score (nSPS) is 21.4. The maximum Gasteiger partial charge on any atom is 0.234 e. The van der Waals surface area contributed by atoms with Crippen molar-refractivity contribution in [2.75, 3.05) is 0 Å². The van der Waals surface area contributed by atoms with Crippen molar-refractivity contribution in [1.82, 2.24) is 4.90 Å². The lowest BCUT2D eigenvalue weighted by atomic mass is 9.74. The van der Waals surface area contributed by atoms with Crippen LogP contribution in [-0.2, 0) is 20.9 Å². The Morgan fingerprint density at radius 3 is 2.52 bits per heavy atom. The van der Waals surface area contributed by atoms with Crippen LogP contribution in [0.3, 0.4) is 0 Å². The molecule has 1 unspecified atom stereocenters. The lowest BCUT2D eigenvalue weighted by Crippen LogP contribution is -2.37. The van der Waals surface area contributed by atoms with Crippen LogP contribution in [-0.4, -0.2) is 23.0 Å². The van der Waals surface area contributed by atoms with Crippen molar-refractivity contribution in [2.24, 2.45) is 11.3 Å². The third kappa shape index (κ3) is 3.04. The third-order valence-corrected chi connectivity index (χ3v) is 4.28. The maximum atomic E-state index is 12.5. The smallest absolute Gasteiger partial charge is 0.234 e. The molecule has 21 heavy (non-hydrogen) atoms. The van der Waals surface area contributed by atoms with Crippen LogP contribution in [0.5, 0.6) is 0 Å². The van der Waals surface area contributed by atoms with Gasteiger partial charge in [-0.3, -0.25) is 14.5 Å². The van der Waals surface area contributed by atoms with Crippen molar-refractivity contribution < 1.29 is 14.4 Å². The standard InChI is InChI=1S/C17H21NO3/c1-3-9-17(2,12-19)14-10-15(20)18(16(14)21)11-13-7-5-4-6-8-13/h4-8,12,14H,3,9-11H2,1-2H3/t14-,17?/m0/s1. The highest BCUT2D eigenvalue weighted by molar-refractivity contribution is 6.05. The summed E-state index contributed by atoms with van der Waals surface area (Å²) in [6.45, 7) is 4.05. The molecule has 1 aromatic carbocycles. The Bertz CT molecular complexity index is 540. The summed E-state index contributed by atoms with van der Waals surface area (Å²) in [5, 5.41) is 0. The lowest BCUT2D eigenvalue weighted by Gasteiger charge is -2.27. The molecule has 2 amide bonds. The van der Waals surface area contributed by atoms with Gasteiger partial charge < -0.3 is 4.79 Å². The molecule has 1 aliphatic heterocycles. The number of likely N-dealkylation sites (tertiary alicyclic amines) is 1. The van der Waals surface area contributed by atoms with Crippen molar-refractivity contribution in [3.63, 3.8) is 0 Å². The highest BCUT2D eigenvalue weighted by Crippen LogP contribution is 2.38. The zero-order chi connectivity index (χ0) is 15.5. The first kappa shape index (κ1) is 15.4. The molecular formula is C17H21NO3. The van der Waals surface area contributed by atoms with E-state index in [1.54, 1.807) is 6.92 Å². The molecule has 1 saturated heterocycles. The van der Waals surface area contributed by atoms with E-state index in [0.717, 1.165) is 18.3 Å². The van der Waals surface area contributed by atoms with Gasteiger partial charge in [0.2, 0.25) is 11.8 Å². The fraction of sp³-hybridized carbons (Fsp3) is 0.471. The molecule has 0 radical (unpaired) electrons. The van der Waals surface area contributed by atoms with Gasteiger partial charge in [0.1, 0.15) is 6.29 Å². The second-order valence-corrected chi connectivity index (χ2v) is 5.93. The number of benzene rings is 1. The summed E-state index contributed by atoms with van der Waals surface area (Å²) in [6, 6.07) is 9.43. The molecule has 1 aliphatic rings. The fourth-order valence-electron chi connectivity index (χ4n) is 2.98. The molecule has 112 valence electrons. The van der Waals surface area contributed by atoms with Gasteiger partial charge in [-0.15, -0.1) is 0 Å². The van der Waals surface area contributed by atoms with Crippen molar-refractivity contribution in [3.8, 4) is 0 Å². The van der Waals surface area contributed by atoms with Crippen molar-refractivity contribution in [3.05, 3.63) is 35.9 Å². The Kier molecular flexibility index (Phi) is 4.56. The minimum absolute atomic E-state index is 0.140. The van der Waals surface area contributed by atoms with Gasteiger partial charge in [0, 0.05) is 11.8 Å². The summed E-state index contributed by atoms with van der Waals surface area (Å²) in [5.41, 5.74) is 0.176. The molecule has 2 atom stereocenters. The highest BCUT2D eigenvalue weighted by Gasteiger charge is 2.48. The van der Waals surface area contributed by atoms with Crippen LogP contribution < -0.4 is 0 Å². The van der Waals surface area contributed by atoms with Gasteiger partial charge in [0.25, 0.3) is 0 Å². The molecule has 0 N–H and O–H groups in total. The van der Waals surface area contributed by atoms with Gasteiger partial charge in [-0.1, -0.05) is 50.6 Å². The van der Waals surface area contributed by atoms with Crippen molar-refractivity contribution in [1.29, 1.82) is 0 Å². The van der Waals surface area contributed by atoms with Gasteiger partial charge in [0.05, 0.1) is 12.5 Å². The Morgan fingerprint density at radius 1 is 1.29 bits per heavy atom. The Labute approximate surface area is 125 Å². The van der Waals surface area contributed by atoms with Crippen molar-refractivity contribution in [2.45, 2.75) is 39.7 Å². The molecule has 4 heteroatoms. The van der Waals surface area contributed by atoms with E-state index in [0.29, 0.717) is 6.42 Å². The minimum atomic E-state index is -0.743. The van der Waals surface area contributed by atoms with Crippen LogP contribution in [0.1, 0.15) is 38.7 Å². The molecule has 1 aromatic rings. The van der Waals surface area contributed by atoms with E-state index in [2.05, 4.69) is 0 Å². The molecule has 0 aliphatic carbocycles. The highest BCUT2D eigenvalue weighted by atomic mass is 16.2. The summed E-state index contributed by atoms with van der Waals surface area (Å²) in [5.74, 6) is -0.920. The Balaban J connectivity index is 2.18. The lowest BCUT2D eigenvalue weighted by molar-refractivity contribution is -0.142. The van der Waals surface area contributed by atoms with Gasteiger partial charge in [0.15, 0.2) is 0 Å². The van der Waals surface area contributed by atoms with Crippen LogP contribution in [0.2, 0.25) is 0 Å². The summed E-state index contributed by atoms with van der Waals surface area (Å²) in [7, 11) is 0.